The molecule has 3 heteroatoms. The number of anilines is 1. The van der Waals surface area contributed by atoms with Gasteiger partial charge in [-0.3, -0.25) is 0 Å². The average Bonchev–Trinajstić information content (AvgIpc) is 2.17. The van der Waals surface area contributed by atoms with Gasteiger partial charge in [-0.2, -0.15) is 0 Å². The van der Waals surface area contributed by atoms with E-state index < -0.39 is 0 Å². The number of ether oxygens (including phenoxy) is 1. The molecule has 1 saturated heterocycles. The highest BCUT2D eigenvalue weighted by molar-refractivity contribution is 5.45. The molecule has 1 aliphatic heterocycles. The third-order valence-corrected chi connectivity index (χ3v) is 2.84. The first kappa shape index (κ1) is 10.5. The minimum atomic E-state index is -0.0657. The number of benzene rings is 1. The number of aliphatic hydroxyl groups excluding tert-OH is 1. The van der Waals surface area contributed by atoms with E-state index in [1.807, 2.05) is 12.1 Å². The number of rotatable bonds is 4. The smallest absolute Gasteiger partial charge is 0.0584 e. The molecule has 1 heterocycles. The van der Waals surface area contributed by atoms with Crippen molar-refractivity contribution in [3.8, 4) is 0 Å². The highest BCUT2D eigenvalue weighted by Crippen LogP contribution is 2.27. The molecule has 0 amide bonds. The Morgan fingerprint density at radius 2 is 2.27 bits per heavy atom. The second-order valence-electron chi connectivity index (χ2n) is 4.37. The molecule has 0 radical (unpaired) electrons. The van der Waals surface area contributed by atoms with Gasteiger partial charge in [-0.05, 0) is 24.6 Å². The number of aliphatic hydroxyl groups is 1. The van der Waals surface area contributed by atoms with Crippen LogP contribution in [-0.4, -0.2) is 31.5 Å². The van der Waals surface area contributed by atoms with Crippen molar-refractivity contribution < 1.29 is 9.84 Å². The lowest BCUT2D eigenvalue weighted by Crippen LogP contribution is -2.50. The van der Waals surface area contributed by atoms with Gasteiger partial charge in [-0.25, -0.2) is 0 Å². The molecule has 2 N–H and O–H groups in total. The predicted octanol–water partition coefficient (Wildman–Crippen LogP) is 1.42. The van der Waals surface area contributed by atoms with Gasteiger partial charge in [0.15, 0.2) is 0 Å². The van der Waals surface area contributed by atoms with Crippen LogP contribution in [0.15, 0.2) is 24.3 Å². The van der Waals surface area contributed by atoms with E-state index in [0.717, 1.165) is 12.2 Å². The van der Waals surface area contributed by atoms with Gasteiger partial charge in [-0.1, -0.05) is 12.1 Å². The van der Waals surface area contributed by atoms with Gasteiger partial charge >= 0.3 is 0 Å². The second kappa shape index (κ2) is 4.21. The van der Waals surface area contributed by atoms with Crippen molar-refractivity contribution in [2.24, 2.45) is 5.41 Å². The topological polar surface area (TPSA) is 41.5 Å². The molecule has 1 aliphatic rings. The second-order valence-corrected chi connectivity index (χ2v) is 4.37. The van der Waals surface area contributed by atoms with E-state index in [-0.39, 0.29) is 12.0 Å². The van der Waals surface area contributed by atoms with Gasteiger partial charge in [0.05, 0.1) is 25.2 Å². The monoisotopic (exact) mass is 207 g/mol. The summed E-state index contributed by atoms with van der Waals surface area (Å²) in [5.41, 5.74) is 2.28. The van der Waals surface area contributed by atoms with Crippen LogP contribution in [0.4, 0.5) is 5.69 Å². The summed E-state index contributed by atoms with van der Waals surface area (Å²) in [6, 6.07) is 8.24. The molecule has 1 aromatic carbocycles. The summed E-state index contributed by atoms with van der Waals surface area (Å²) < 4.78 is 5.14. The Bertz CT molecular complexity index is 329. The first-order chi connectivity index (χ1) is 7.24. The maximum Gasteiger partial charge on any atom is 0.0584 e. The van der Waals surface area contributed by atoms with Gasteiger partial charge in [0, 0.05) is 12.2 Å². The molecule has 1 fully saturated rings. The van der Waals surface area contributed by atoms with E-state index in [1.54, 1.807) is 0 Å². The Kier molecular flexibility index (Phi) is 2.93. The van der Waals surface area contributed by atoms with Crippen LogP contribution in [0.2, 0.25) is 0 Å². The van der Waals surface area contributed by atoms with Crippen LogP contribution in [0.5, 0.6) is 0 Å². The lowest BCUT2D eigenvalue weighted by atomic mass is 9.87. The Balaban J connectivity index is 1.92. The molecular formula is C12H17NO2. The molecule has 0 unspecified atom stereocenters. The van der Waals surface area contributed by atoms with E-state index in [9.17, 15) is 5.11 Å². The predicted molar refractivity (Wildman–Crippen MR) is 60.0 cm³/mol. The standard InChI is InChI=1S/C12H17NO2/c1-10-3-2-4-11(5-10)13-6-12(7-14)8-15-9-12/h2-5,13-14H,6-9H2,1H3. The highest BCUT2D eigenvalue weighted by Gasteiger charge is 2.37. The molecular weight excluding hydrogens is 190 g/mol. The summed E-state index contributed by atoms with van der Waals surface area (Å²) >= 11 is 0. The van der Waals surface area contributed by atoms with Crippen molar-refractivity contribution >= 4 is 5.69 Å². The van der Waals surface area contributed by atoms with E-state index >= 15 is 0 Å². The van der Waals surface area contributed by atoms with Crippen LogP contribution in [0.25, 0.3) is 0 Å². The number of nitrogens with one attached hydrogen (secondary N) is 1. The van der Waals surface area contributed by atoms with Gasteiger partial charge in [-0.15, -0.1) is 0 Å². The maximum atomic E-state index is 9.25. The molecule has 2 rings (SSSR count). The summed E-state index contributed by atoms with van der Waals surface area (Å²) in [5, 5.41) is 12.6. The van der Waals surface area contributed by atoms with Crippen molar-refractivity contribution in [3.63, 3.8) is 0 Å². The third kappa shape index (κ3) is 2.30. The van der Waals surface area contributed by atoms with E-state index in [2.05, 4.69) is 24.4 Å². The Morgan fingerprint density at radius 3 is 2.80 bits per heavy atom. The van der Waals surface area contributed by atoms with Crippen LogP contribution in [0.1, 0.15) is 5.56 Å². The van der Waals surface area contributed by atoms with E-state index in [1.165, 1.54) is 5.56 Å². The largest absolute Gasteiger partial charge is 0.396 e. The van der Waals surface area contributed by atoms with Crippen LogP contribution in [0.3, 0.4) is 0 Å². The summed E-state index contributed by atoms with van der Waals surface area (Å²) in [6.45, 7) is 4.34. The zero-order chi connectivity index (χ0) is 10.7. The molecule has 1 aromatic rings. The molecule has 82 valence electrons. The van der Waals surface area contributed by atoms with Crippen molar-refractivity contribution in [2.75, 3.05) is 31.7 Å². The molecule has 0 bridgehead atoms. The highest BCUT2D eigenvalue weighted by atomic mass is 16.5. The summed E-state index contributed by atoms with van der Waals surface area (Å²) in [5.74, 6) is 0. The molecule has 0 spiro atoms. The van der Waals surface area contributed by atoms with Crippen LogP contribution < -0.4 is 5.32 Å². The van der Waals surface area contributed by atoms with Crippen LogP contribution in [0, 0.1) is 12.3 Å². The van der Waals surface area contributed by atoms with Crippen molar-refractivity contribution in [2.45, 2.75) is 6.92 Å². The normalized spacial score (nSPS) is 18.3. The Hall–Kier alpha value is -1.06. The number of hydrogen-bond donors (Lipinski definition) is 2. The van der Waals surface area contributed by atoms with Crippen LogP contribution in [-0.2, 0) is 4.74 Å². The lowest BCUT2D eigenvalue weighted by Gasteiger charge is -2.40. The minimum absolute atomic E-state index is 0.0657. The first-order valence-corrected chi connectivity index (χ1v) is 5.23. The van der Waals surface area contributed by atoms with Crippen molar-refractivity contribution in [1.29, 1.82) is 0 Å². The summed E-state index contributed by atoms with van der Waals surface area (Å²) in [6.07, 6.45) is 0. The van der Waals surface area contributed by atoms with Crippen molar-refractivity contribution in [3.05, 3.63) is 29.8 Å². The molecule has 0 atom stereocenters. The van der Waals surface area contributed by atoms with Gasteiger partial charge in [0.2, 0.25) is 0 Å². The van der Waals surface area contributed by atoms with Gasteiger partial charge in [0.1, 0.15) is 0 Å². The summed E-state index contributed by atoms with van der Waals surface area (Å²) in [7, 11) is 0. The number of aryl methyl sites for hydroxylation is 1. The van der Waals surface area contributed by atoms with E-state index in [0.29, 0.717) is 13.2 Å². The quantitative estimate of drug-likeness (QED) is 0.784. The first-order valence-electron chi connectivity index (χ1n) is 5.23. The molecule has 0 aliphatic carbocycles. The molecule has 0 saturated carbocycles. The lowest BCUT2D eigenvalue weighted by molar-refractivity contribution is -0.128. The zero-order valence-electron chi connectivity index (χ0n) is 8.99. The van der Waals surface area contributed by atoms with Gasteiger partial charge in [0.25, 0.3) is 0 Å². The van der Waals surface area contributed by atoms with Crippen molar-refractivity contribution in [1.82, 2.24) is 0 Å². The number of hydrogen-bond acceptors (Lipinski definition) is 3. The molecule has 0 aromatic heterocycles. The Morgan fingerprint density at radius 1 is 1.47 bits per heavy atom. The summed E-state index contributed by atoms with van der Waals surface area (Å²) in [4.78, 5) is 0. The zero-order valence-corrected chi connectivity index (χ0v) is 8.99. The molecule has 15 heavy (non-hydrogen) atoms. The Labute approximate surface area is 90.1 Å². The van der Waals surface area contributed by atoms with E-state index in [4.69, 9.17) is 4.74 Å². The minimum Gasteiger partial charge on any atom is -0.396 e. The van der Waals surface area contributed by atoms with Crippen LogP contribution >= 0.6 is 0 Å². The fraction of sp³-hybridized carbons (Fsp3) is 0.500. The SMILES string of the molecule is Cc1cccc(NCC2(CO)COC2)c1. The van der Waals surface area contributed by atoms with Gasteiger partial charge < -0.3 is 15.2 Å². The third-order valence-electron chi connectivity index (χ3n) is 2.84. The fourth-order valence-corrected chi connectivity index (χ4v) is 1.68. The fourth-order valence-electron chi connectivity index (χ4n) is 1.68. The maximum absolute atomic E-state index is 9.25. The molecule has 3 nitrogen and oxygen atoms in total. The average molecular weight is 207 g/mol.